The molecule has 162 valence electrons. The summed E-state index contributed by atoms with van der Waals surface area (Å²) in [7, 11) is 0. The second-order valence-electron chi connectivity index (χ2n) is 8.25. The zero-order valence-corrected chi connectivity index (χ0v) is 18.4. The largest absolute Gasteiger partial charge is 0.352 e. The van der Waals surface area contributed by atoms with E-state index in [2.05, 4.69) is 31.3 Å². The summed E-state index contributed by atoms with van der Waals surface area (Å²) in [6.07, 6.45) is 0.829. The van der Waals surface area contributed by atoms with Crippen molar-refractivity contribution < 1.29 is 14.4 Å². The average Bonchev–Trinajstić information content (AvgIpc) is 3.03. The minimum atomic E-state index is -0.243. The highest BCUT2D eigenvalue weighted by Gasteiger charge is 2.34. The normalized spacial score (nSPS) is 12.8. The molecule has 3 aromatic carbocycles. The number of nitrogens with one attached hydrogen (secondary N) is 1. The summed E-state index contributed by atoms with van der Waals surface area (Å²) in [5.74, 6) is -0.527. The van der Waals surface area contributed by atoms with Crippen molar-refractivity contribution in [3.63, 3.8) is 0 Å². The van der Waals surface area contributed by atoms with Crippen LogP contribution in [0.15, 0.2) is 66.7 Å². The average molecular weight is 427 g/mol. The second-order valence-corrected chi connectivity index (χ2v) is 8.25. The molecule has 3 amide bonds. The molecule has 4 rings (SSSR count). The molecule has 32 heavy (non-hydrogen) atoms. The summed E-state index contributed by atoms with van der Waals surface area (Å²) < 4.78 is 0. The first-order valence-corrected chi connectivity index (χ1v) is 10.8. The van der Waals surface area contributed by atoms with Gasteiger partial charge in [-0.3, -0.25) is 19.3 Å². The van der Waals surface area contributed by atoms with Gasteiger partial charge in [0.1, 0.15) is 0 Å². The Kier molecular flexibility index (Phi) is 6.17. The van der Waals surface area contributed by atoms with Gasteiger partial charge in [0.15, 0.2) is 0 Å². The SMILES string of the molecule is Cc1ccc(CNC(=O)Cc2cccc(CCN3C(=O)c4ccccc4C3=O)c2)cc1C. The van der Waals surface area contributed by atoms with Gasteiger partial charge in [-0.1, -0.05) is 54.6 Å². The fourth-order valence-electron chi connectivity index (χ4n) is 3.94. The van der Waals surface area contributed by atoms with Crippen LogP contribution in [0.5, 0.6) is 0 Å². The van der Waals surface area contributed by atoms with Crippen molar-refractivity contribution in [2.45, 2.75) is 33.2 Å². The smallest absolute Gasteiger partial charge is 0.261 e. The van der Waals surface area contributed by atoms with Crippen molar-refractivity contribution in [1.82, 2.24) is 10.2 Å². The van der Waals surface area contributed by atoms with Gasteiger partial charge in [0.2, 0.25) is 5.91 Å². The first kappa shape index (κ1) is 21.5. The molecule has 0 saturated carbocycles. The molecule has 5 nitrogen and oxygen atoms in total. The third-order valence-corrected chi connectivity index (χ3v) is 5.92. The zero-order valence-electron chi connectivity index (χ0n) is 18.4. The third-order valence-electron chi connectivity index (χ3n) is 5.92. The van der Waals surface area contributed by atoms with Crippen LogP contribution in [0.2, 0.25) is 0 Å². The number of hydrogen-bond acceptors (Lipinski definition) is 3. The maximum atomic E-state index is 12.5. The number of imide groups is 1. The van der Waals surface area contributed by atoms with Gasteiger partial charge in [-0.25, -0.2) is 0 Å². The summed E-state index contributed by atoms with van der Waals surface area (Å²) >= 11 is 0. The number of carbonyl (C=O) groups is 3. The van der Waals surface area contributed by atoms with Crippen LogP contribution in [0.4, 0.5) is 0 Å². The highest BCUT2D eigenvalue weighted by atomic mass is 16.2. The van der Waals surface area contributed by atoms with Crippen LogP contribution in [-0.4, -0.2) is 29.2 Å². The number of amides is 3. The molecule has 1 N–H and O–H groups in total. The monoisotopic (exact) mass is 426 g/mol. The number of nitrogens with zero attached hydrogens (tertiary/aromatic N) is 1. The van der Waals surface area contributed by atoms with Crippen molar-refractivity contribution in [2.24, 2.45) is 0 Å². The highest BCUT2D eigenvalue weighted by molar-refractivity contribution is 6.21. The molecule has 3 aromatic rings. The lowest BCUT2D eigenvalue weighted by atomic mass is 10.0. The van der Waals surface area contributed by atoms with Crippen LogP contribution in [0.1, 0.15) is 48.5 Å². The van der Waals surface area contributed by atoms with Gasteiger partial charge in [-0.15, -0.1) is 0 Å². The van der Waals surface area contributed by atoms with Gasteiger partial charge < -0.3 is 5.32 Å². The van der Waals surface area contributed by atoms with Crippen LogP contribution < -0.4 is 5.32 Å². The number of benzene rings is 3. The number of fused-ring (bicyclic) bond motifs is 1. The molecule has 1 aliphatic rings. The Morgan fingerprint density at radius 2 is 1.47 bits per heavy atom. The van der Waals surface area contributed by atoms with E-state index in [4.69, 9.17) is 0 Å². The molecule has 0 unspecified atom stereocenters. The van der Waals surface area contributed by atoms with Crippen molar-refractivity contribution in [2.75, 3.05) is 6.54 Å². The number of hydrogen-bond donors (Lipinski definition) is 1. The molecule has 0 saturated heterocycles. The van der Waals surface area contributed by atoms with Crippen LogP contribution in [0.25, 0.3) is 0 Å². The van der Waals surface area contributed by atoms with E-state index in [1.807, 2.05) is 30.3 Å². The predicted octanol–water partition coefficient (Wildman–Crippen LogP) is 4.00. The summed E-state index contributed by atoms with van der Waals surface area (Å²) in [6, 6.07) is 20.8. The van der Waals surface area contributed by atoms with E-state index in [0.717, 1.165) is 16.7 Å². The number of carbonyl (C=O) groups excluding carboxylic acids is 3. The predicted molar refractivity (Wildman–Crippen MR) is 123 cm³/mol. The van der Waals surface area contributed by atoms with Gasteiger partial charge >= 0.3 is 0 Å². The van der Waals surface area contributed by atoms with E-state index >= 15 is 0 Å². The molecule has 0 bridgehead atoms. The standard InChI is InChI=1S/C27H26N2O3/c1-18-10-11-22(14-19(18)2)17-28-25(30)16-21-7-5-6-20(15-21)12-13-29-26(31)23-8-3-4-9-24(23)27(29)32/h3-11,14-15H,12-13,16-17H2,1-2H3,(H,28,30). The molecule has 0 spiro atoms. The lowest BCUT2D eigenvalue weighted by molar-refractivity contribution is -0.120. The van der Waals surface area contributed by atoms with E-state index < -0.39 is 0 Å². The molecule has 1 heterocycles. The molecule has 0 fully saturated rings. The van der Waals surface area contributed by atoms with E-state index in [1.165, 1.54) is 16.0 Å². The lowest BCUT2D eigenvalue weighted by Gasteiger charge is -2.14. The Morgan fingerprint density at radius 3 is 2.16 bits per heavy atom. The minimum absolute atomic E-state index is 0.0410. The van der Waals surface area contributed by atoms with E-state index in [0.29, 0.717) is 30.6 Å². The van der Waals surface area contributed by atoms with E-state index in [-0.39, 0.29) is 24.1 Å². The first-order chi connectivity index (χ1) is 15.4. The molecular formula is C27H26N2O3. The fraction of sp³-hybridized carbons (Fsp3) is 0.222. The molecule has 0 radical (unpaired) electrons. The molecule has 1 aliphatic heterocycles. The van der Waals surface area contributed by atoms with Gasteiger partial charge in [0.05, 0.1) is 17.5 Å². The maximum Gasteiger partial charge on any atom is 0.261 e. The van der Waals surface area contributed by atoms with Crippen LogP contribution in [0.3, 0.4) is 0 Å². The number of rotatable bonds is 7. The van der Waals surface area contributed by atoms with Crippen LogP contribution >= 0.6 is 0 Å². The fourth-order valence-corrected chi connectivity index (χ4v) is 3.94. The quantitative estimate of drug-likeness (QED) is 0.581. The summed E-state index contributed by atoms with van der Waals surface area (Å²) in [5.41, 5.74) is 6.35. The summed E-state index contributed by atoms with van der Waals surface area (Å²) in [6.45, 7) is 4.95. The zero-order chi connectivity index (χ0) is 22.7. The number of aryl methyl sites for hydroxylation is 2. The summed E-state index contributed by atoms with van der Waals surface area (Å²) in [5, 5.41) is 2.98. The summed E-state index contributed by atoms with van der Waals surface area (Å²) in [4.78, 5) is 38.8. The van der Waals surface area contributed by atoms with Gasteiger partial charge in [0, 0.05) is 13.1 Å². The Bertz CT molecular complexity index is 1160. The van der Waals surface area contributed by atoms with Crippen molar-refractivity contribution in [1.29, 1.82) is 0 Å². The molecule has 0 aromatic heterocycles. The Balaban J connectivity index is 1.32. The maximum absolute atomic E-state index is 12.5. The molecular weight excluding hydrogens is 400 g/mol. The minimum Gasteiger partial charge on any atom is -0.352 e. The Labute approximate surface area is 188 Å². The van der Waals surface area contributed by atoms with Crippen molar-refractivity contribution >= 4 is 17.7 Å². The third kappa shape index (κ3) is 4.62. The second kappa shape index (κ2) is 9.18. The Hall–Kier alpha value is -3.73. The van der Waals surface area contributed by atoms with E-state index in [1.54, 1.807) is 24.3 Å². The topological polar surface area (TPSA) is 66.5 Å². The van der Waals surface area contributed by atoms with Gasteiger partial charge in [0.25, 0.3) is 11.8 Å². The van der Waals surface area contributed by atoms with Crippen LogP contribution in [-0.2, 0) is 24.2 Å². The van der Waals surface area contributed by atoms with Gasteiger partial charge in [-0.05, 0) is 60.2 Å². The van der Waals surface area contributed by atoms with Crippen LogP contribution in [0, 0.1) is 13.8 Å². The highest BCUT2D eigenvalue weighted by Crippen LogP contribution is 2.22. The lowest BCUT2D eigenvalue weighted by Crippen LogP contribution is -2.31. The van der Waals surface area contributed by atoms with E-state index in [9.17, 15) is 14.4 Å². The Morgan fingerprint density at radius 1 is 0.781 bits per heavy atom. The van der Waals surface area contributed by atoms with Crippen molar-refractivity contribution in [3.8, 4) is 0 Å². The van der Waals surface area contributed by atoms with Gasteiger partial charge in [-0.2, -0.15) is 0 Å². The molecule has 0 atom stereocenters. The molecule has 5 heteroatoms. The first-order valence-electron chi connectivity index (χ1n) is 10.8. The van der Waals surface area contributed by atoms with Crippen molar-refractivity contribution in [3.05, 3.63) is 106 Å². The molecule has 0 aliphatic carbocycles.